The fourth-order valence-corrected chi connectivity index (χ4v) is 2.25. The summed E-state index contributed by atoms with van der Waals surface area (Å²) in [6.45, 7) is 6.32. The molecule has 0 bridgehead atoms. The molecule has 0 heterocycles. The zero-order valence-corrected chi connectivity index (χ0v) is 10.9. The number of carbonyl (C=O) groups is 1. The molecule has 0 aliphatic heterocycles. The van der Waals surface area contributed by atoms with Gasteiger partial charge in [-0.2, -0.15) is 0 Å². The van der Waals surface area contributed by atoms with Crippen LogP contribution in [0.5, 0.6) is 0 Å². The predicted molar refractivity (Wildman–Crippen MR) is 71.0 cm³/mol. The molecule has 0 spiro atoms. The van der Waals surface area contributed by atoms with Gasteiger partial charge in [0.1, 0.15) is 0 Å². The highest BCUT2D eigenvalue weighted by molar-refractivity contribution is 5.77. The first-order valence-corrected chi connectivity index (χ1v) is 6.52. The minimum atomic E-state index is 0.0617. The minimum absolute atomic E-state index is 0.0617. The maximum Gasteiger partial charge on any atom is 0.234 e. The van der Waals surface area contributed by atoms with Crippen LogP contribution in [0.3, 0.4) is 0 Å². The molecule has 0 radical (unpaired) electrons. The van der Waals surface area contributed by atoms with Gasteiger partial charge in [0.15, 0.2) is 0 Å². The third-order valence-electron chi connectivity index (χ3n) is 3.31. The first-order valence-electron chi connectivity index (χ1n) is 6.52. The van der Waals surface area contributed by atoms with Gasteiger partial charge in [0.25, 0.3) is 0 Å². The summed E-state index contributed by atoms with van der Waals surface area (Å²) in [5, 5.41) is 5.90. The second-order valence-corrected chi connectivity index (χ2v) is 4.69. The molecule has 4 nitrogen and oxygen atoms in total. The summed E-state index contributed by atoms with van der Waals surface area (Å²) >= 11 is 0. The normalized spacial score (nSPS) is 16.4. The molecular formula is C13H25N3O. The Hall–Kier alpha value is -0.870. The van der Waals surface area contributed by atoms with Gasteiger partial charge in [0.2, 0.25) is 5.91 Å². The number of nitrogens with one attached hydrogen (secondary N) is 2. The molecule has 98 valence electrons. The molecule has 0 saturated heterocycles. The van der Waals surface area contributed by atoms with Gasteiger partial charge in [-0.3, -0.25) is 4.79 Å². The van der Waals surface area contributed by atoms with Crippen LogP contribution < -0.4 is 10.6 Å². The van der Waals surface area contributed by atoms with Crippen molar-refractivity contribution in [3.63, 3.8) is 0 Å². The molecule has 1 aliphatic rings. The van der Waals surface area contributed by atoms with Crippen molar-refractivity contribution in [3.8, 4) is 0 Å². The van der Waals surface area contributed by atoms with E-state index in [9.17, 15) is 4.79 Å². The number of hydrogen-bond donors (Lipinski definition) is 2. The van der Waals surface area contributed by atoms with Crippen LogP contribution in [-0.4, -0.2) is 50.1 Å². The summed E-state index contributed by atoms with van der Waals surface area (Å²) in [6, 6.07) is 0.728. The van der Waals surface area contributed by atoms with E-state index in [4.69, 9.17) is 0 Å². The summed E-state index contributed by atoms with van der Waals surface area (Å²) in [5.41, 5.74) is 0. The van der Waals surface area contributed by atoms with Crippen molar-refractivity contribution in [2.24, 2.45) is 0 Å². The van der Waals surface area contributed by atoms with E-state index in [1.807, 2.05) is 0 Å². The molecule has 17 heavy (non-hydrogen) atoms. The van der Waals surface area contributed by atoms with Crippen molar-refractivity contribution in [1.29, 1.82) is 0 Å². The molecule has 0 aromatic rings. The monoisotopic (exact) mass is 239 g/mol. The van der Waals surface area contributed by atoms with Gasteiger partial charge < -0.3 is 15.5 Å². The first kappa shape index (κ1) is 14.2. The lowest BCUT2D eigenvalue weighted by molar-refractivity contribution is -0.120. The van der Waals surface area contributed by atoms with E-state index in [2.05, 4.69) is 29.2 Å². The smallest absolute Gasteiger partial charge is 0.234 e. The maximum absolute atomic E-state index is 11.4. The minimum Gasteiger partial charge on any atom is -0.354 e. The maximum atomic E-state index is 11.4. The molecule has 1 rings (SSSR count). The van der Waals surface area contributed by atoms with Gasteiger partial charge in [0.05, 0.1) is 6.54 Å². The Kier molecular flexibility index (Phi) is 6.89. The fourth-order valence-electron chi connectivity index (χ4n) is 2.25. The van der Waals surface area contributed by atoms with E-state index in [1.54, 1.807) is 6.08 Å². The molecule has 1 amide bonds. The van der Waals surface area contributed by atoms with Crippen LogP contribution in [0.1, 0.15) is 25.7 Å². The van der Waals surface area contributed by atoms with Gasteiger partial charge in [-0.25, -0.2) is 0 Å². The van der Waals surface area contributed by atoms with Crippen LogP contribution in [0.15, 0.2) is 12.7 Å². The Bertz CT molecular complexity index is 237. The Morgan fingerprint density at radius 1 is 1.47 bits per heavy atom. The Morgan fingerprint density at radius 3 is 2.82 bits per heavy atom. The van der Waals surface area contributed by atoms with Crippen molar-refractivity contribution >= 4 is 5.91 Å². The molecule has 1 saturated carbocycles. The number of hydrogen-bond acceptors (Lipinski definition) is 3. The van der Waals surface area contributed by atoms with E-state index < -0.39 is 0 Å². The van der Waals surface area contributed by atoms with Crippen LogP contribution >= 0.6 is 0 Å². The van der Waals surface area contributed by atoms with E-state index in [1.165, 1.54) is 25.7 Å². The highest BCUT2D eigenvalue weighted by Crippen LogP contribution is 2.21. The number of carbonyl (C=O) groups excluding carboxylic acids is 1. The lowest BCUT2D eigenvalue weighted by Gasteiger charge is -2.23. The van der Waals surface area contributed by atoms with Crippen LogP contribution in [0.4, 0.5) is 0 Å². The molecule has 4 heteroatoms. The third kappa shape index (κ3) is 5.84. The Morgan fingerprint density at radius 2 is 2.18 bits per heavy atom. The fraction of sp³-hybridized carbons (Fsp3) is 0.769. The SMILES string of the molecule is C=CCNCC(=O)NCCN(C)C1CCCC1. The summed E-state index contributed by atoms with van der Waals surface area (Å²) in [6.07, 6.45) is 7.08. The second-order valence-electron chi connectivity index (χ2n) is 4.69. The van der Waals surface area contributed by atoms with Crippen molar-refractivity contribution in [3.05, 3.63) is 12.7 Å². The predicted octanol–water partition coefficient (Wildman–Crippen LogP) is 0.753. The highest BCUT2D eigenvalue weighted by atomic mass is 16.1. The summed E-state index contributed by atoms with van der Waals surface area (Å²) in [4.78, 5) is 13.8. The van der Waals surface area contributed by atoms with Crippen molar-refractivity contribution in [2.45, 2.75) is 31.7 Å². The van der Waals surface area contributed by atoms with E-state index in [0.717, 1.165) is 19.1 Å². The molecule has 0 aromatic heterocycles. The van der Waals surface area contributed by atoms with Crippen molar-refractivity contribution in [1.82, 2.24) is 15.5 Å². The Labute approximate surface area is 104 Å². The standard InChI is InChI=1S/C13H25N3O/c1-3-8-14-11-13(17)15-9-10-16(2)12-6-4-5-7-12/h3,12,14H,1,4-11H2,2H3,(H,15,17). The van der Waals surface area contributed by atoms with Gasteiger partial charge in [-0.15, -0.1) is 6.58 Å². The molecule has 0 aromatic carbocycles. The van der Waals surface area contributed by atoms with E-state index in [-0.39, 0.29) is 5.91 Å². The highest BCUT2D eigenvalue weighted by Gasteiger charge is 2.18. The molecule has 1 fully saturated rings. The lowest BCUT2D eigenvalue weighted by Crippen LogP contribution is -2.40. The van der Waals surface area contributed by atoms with E-state index >= 15 is 0 Å². The first-order chi connectivity index (χ1) is 8.24. The number of rotatable bonds is 8. The zero-order valence-electron chi connectivity index (χ0n) is 10.9. The van der Waals surface area contributed by atoms with Crippen molar-refractivity contribution < 1.29 is 4.79 Å². The Balaban J connectivity index is 2.01. The van der Waals surface area contributed by atoms with Gasteiger partial charge in [-0.1, -0.05) is 18.9 Å². The molecule has 2 N–H and O–H groups in total. The number of amides is 1. The topological polar surface area (TPSA) is 44.4 Å². The average molecular weight is 239 g/mol. The van der Waals surface area contributed by atoms with Crippen molar-refractivity contribution in [2.75, 3.05) is 33.2 Å². The molecule has 0 unspecified atom stereocenters. The molecular weight excluding hydrogens is 214 g/mol. The quantitative estimate of drug-likeness (QED) is 0.485. The van der Waals surface area contributed by atoms with Crippen LogP contribution in [-0.2, 0) is 4.79 Å². The summed E-state index contributed by atoms with van der Waals surface area (Å²) in [7, 11) is 2.15. The summed E-state index contributed by atoms with van der Waals surface area (Å²) in [5.74, 6) is 0.0617. The third-order valence-corrected chi connectivity index (χ3v) is 3.31. The van der Waals surface area contributed by atoms with Crippen LogP contribution in [0.2, 0.25) is 0 Å². The van der Waals surface area contributed by atoms with Crippen LogP contribution in [0, 0.1) is 0 Å². The lowest BCUT2D eigenvalue weighted by atomic mass is 10.2. The van der Waals surface area contributed by atoms with Gasteiger partial charge in [-0.05, 0) is 19.9 Å². The number of nitrogens with zero attached hydrogens (tertiary/aromatic N) is 1. The average Bonchev–Trinajstić information content (AvgIpc) is 2.82. The molecule has 1 aliphatic carbocycles. The van der Waals surface area contributed by atoms with Gasteiger partial charge >= 0.3 is 0 Å². The largest absolute Gasteiger partial charge is 0.354 e. The summed E-state index contributed by atoms with van der Waals surface area (Å²) < 4.78 is 0. The molecule has 0 atom stereocenters. The zero-order chi connectivity index (χ0) is 12.5. The van der Waals surface area contributed by atoms with E-state index in [0.29, 0.717) is 13.1 Å². The van der Waals surface area contributed by atoms with Gasteiger partial charge in [0, 0.05) is 25.7 Å². The second kappa shape index (κ2) is 8.25. The number of likely N-dealkylation sites (N-methyl/N-ethyl adjacent to an activating group) is 1. The van der Waals surface area contributed by atoms with Crippen LogP contribution in [0.25, 0.3) is 0 Å².